The summed E-state index contributed by atoms with van der Waals surface area (Å²) in [5, 5.41) is 1.23. The van der Waals surface area contributed by atoms with Gasteiger partial charge < -0.3 is 0 Å². The average molecular weight is 220 g/mol. The fraction of sp³-hybridized carbons (Fsp3) is 0.500. The highest BCUT2D eigenvalue weighted by Crippen LogP contribution is 2.16. The van der Waals surface area contributed by atoms with Crippen LogP contribution in [0.5, 0.6) is 0 Å². The molecule has 1 atom stereocenters. The molecule has 5 heteroatoms. The second kappa shape index (κ2) is 4.21. The van der Waals surface area contributed by atoms with Crippen LogP contribution in [0.25, 0.3) is 0 Å². The van der Waals surface area contributed by atoms with Crippen LogP contribution in [0.1, 0.15) is 18.2 Å². The highest BCUT2D eigenvalue weighted by molar-refractivity contribution is 7.86. The summed E-state index contributed by atoms with van der Waals surface area (Å²) in [4.78, 5) is 0.990. The molecule has 0 amide bonds. The van der Waals surface area contributed by atoms with Gasteiger partial charge in [0.05, 0.1) is 5.25 Å². The summed E-state index contributed by atoms with van der Waals surface area (Å²) in [7, 11) is -3.88. The molecule has 0 saturated carbocycles. The Hall–Kier alpha value is -0.390. The highest BCUT2D eigenvalue weighted by atomic mass is 32.2. The van der Waals surface area contributed by atoms with Crippen LogP contribution in [-0.4, -0.2) is 18.2 Å². The van der Waals surface area contributed by atoms with Gasteiger partial charge in [0.25, 0.3) is 10.1 Å². The Bertz CT molecular complexity index is 339. The first-order valence-electron chi connectivity index (χ1n) is 4.02. The molecule has 1 aromatic heterocycles. The van der Waals surface area contributed by atoms with Crippen molar-refractivity contribution in [3.8, 4) is 0 Å². The first-order chi connectivity index (χ1) is 6.04. The number of thiophene rings is 1. The SMILES string of the molecule is CCC(Cc1cccs1)S(=O)(=O)O. The van der Waals surface area contributed by atoms with Gasteiger partial charge in [0.2, 0.25) is 0 Å². The number of hydrogen-bond donors (Lipinski definition) is 1. The standard InChI is InChI=1S/C8H12O3S2/c1-2-8(13(9,10)11)6-7-4-3-5-12-7/h3-5,8H,2,6H2,1H3,(H,9,10,11). The summed E-state index contributed by atoms with van der Waals surface area (Å²) in [6, 6.07) is 3.75. The van der Waals surface area contributed by atoms with Crippen molar-refractivity contribution in [1.82, 2.24) is 0 Å². The predicted molar refractivity (Wildman–Crippen MR) is 53.7 cm³/mol. The molecule has 0 saturated heterocycles. The lowest BCUT2D eigenvalue weighted by Crippen LogP contribution is -2.21. The molecular weight excluding hydrogens is 208 g/mol. The van der Waals surface area contributed by atoms with E-state index in [9.17, 15) is 8.42 Å². The second-order valence-corrected chi connectivity index (χ2v) is 5.56. The van der Waals surface area contributed by atoms with Crippen LogP contribution >= 0.6 is 11.3 Å². The van der Waals surface area contributed by atoms with Crippen LogP contribution < -0.4 is 0 Å². The average Bonchev–Trinajstić information content (AvgIpc) is 2.49. The van der Waals surface area contributed by atoms with E-state index in [2.05, 4.69) is 0 Å². The van der Waals surface area contributed by atoms with E-state index in [1.165, 1.54) is 11.3 Å². The van der Waals surface area contributed by atoms with E-state index >= 15 is 0 Å². The van der Waals surface area contributed by atoms with E-state index in [-0.39, 0.29) is 0 Å². The zero-order valence-electron chi connectivity index (χ0n) is 7.30. The molecule has 0 spiro atoms. The van der Waals surface area contributed by atoms with Crippen LogP contribution in [-0.2, 0) is 16.5 Å². The van der Waals surface area contributed by atoms with Crippen LogP contribution in [0.4, 0.5) is 0 Å². The van der Waals surface area contributed by atoms with Gasteiger partial charge in [-0.1, -0.05) is 13.0 Å². The minimum absolute atomic E-state index is 0.410. The van der Waals surface area contributed by atoms with Gasteiger partial charge in [-0.2, -0.15) is 8.42 Å². The van der Waals surface area contributed by atoms with Crippen molar-refractivity contribution in [2.24, 2.45) is 0 Å². The summed E-state index contributed by atoms with van der Waals surface area (Å²) in [6.45, 7) is 1.76. The maximum absolute atomic E-state index is 10.8. The molecule has 0 aliphatic heterocycles. The Balaban J connectivity index is 2.72. The first kappa shape index (κ1) is 10.7. The van der Waals surface area contributed by atoms with Crippen LogP contribution in [0.2, 0.25) is 0 Å². The van der Waals surface area contributed by atoms with E-state index < -0.39 is 15.4 Å². The molecule has 0 bridgehead atoms. The fourth-order valence-electron chi connectivity index (χ4n) is 1.11. The summed E-state index contributed by atoms with van der Waals surface area (Å²) in [5.41, 5.74) is 0. The van der Waals surface area contributed by atoms with Gasteiger partial charge >= 0.3 is 0 Å². The summed E-state index contributed by atoms with van der Waals surface area (Å²) < 4.78 is 30.6. The molecule has 0 aliphatic carbocycles. The second-order valence-electron chi connectivity index (χ2n) is 2.83. The molecule has 1 aromatic rings. The maximum Gasteiger partial charge on any atom is 0.268 e. The molecule has 0 aliphatic rings. The first-order valence-corrected chi connectivity index (χ1v) is 6.41. The van der Waals surface area contributed by atoms with Gasteiger partial charge in [-0.05, 0) is 17.9 Å². The highest BCUT2D eigenvalue weighted by Gasteiger charge is 2.21. The van der Waals surface area contributed by atoms with E-state index in [0.29, 0.717) is 12.8 Å². The van der Waals surface area contributed by atoms with E-state index in [1.807, 2.05) is 17.5 Å². The van der Waals surface area contributed by atoms with E-state index in [4.69, 9.17) is 4.55 Å². The molecule has 13 heavy (non-hydrogen) atoms. The third kappa shape index (κ3) is 3.10. The molecule has 74 valence electrons. The molecule has 0 radical (unpaired) electrons. The van der Waals surface area contributed by atoms with Crippen molar-refractivity contribution >= 4 is 21.5 Å². The monoisotopic (exact) mass is 220 g/mol. The molecule has 1 N–H and O–H groups in total. The Morgan fingerprint density at radius 3 is 2.69 bits per heavy atom. The molecule has 0 fully saturated rings. The van der Waals surface area contributed by atoms with Crippen molar-refractivity contribution < 1.29 is 13.0 Å². The summed E-state index contributed by atoms with van der Waals surface area (Å²) >= 11 is 1.51. The maximum atomic E-state index is 10.8. The largest absolute Gasteiger partial charge is 0.285 e. The normalized spacial score (nSPS) is 14.3. The lowest BCUT2D eigenvalue weighted by molar-refractivity contribution is 0.463. The van der Waals surface area contributed by atoms with Crippen molar-refractivity contribution in [1.29, 1.82) is 0 Å². The van der Waals surface area contributed by atoms with Gasteiger partial charge in [-0.15, -0.1) is 11.3 Å². The van der Waals surface area contributed by atoms with E-state index in [1.54, 1.807) is 6.92 Å². The van der Waals surface area contributed by atoms with Gasteiger partial charge in [0.15, 0.2) is 0 Å². The van der Waals surface area contributed by atoms with Crippen molar-refractivity contribution in [2.45, 2.75) is 25.0 Å². The zero-order valence-corrected chi connectivity index (χ0v) is 8.94. The predicted octanol–water partition coefficient (Wildman–Crippen LogP) is 1.96. The quantitative estimate of drug-likeness (QED) is 0.789. The number of hydrogen-bond acceptors (Lipinski definition) is 3. The molecule has 0 aromatic carbocycles. The Kier molecular flexibility index (Phi) is 3.47. The van der Waals surface area contributed by atoms with Gasteiger partial charge in [-0.3, -0.25) is 4.55 Å². The van der Waals surface area contributed by atoms with Gasteiger partial charge in [0, 0.05) is 11.3 Å². The molecule has 1 rings (SSSR count). The topological polar surface area (TPSA) is 54.4 Å². The molecule has 1 heterocycles. The minimum atomic E-state index is -3.88. The molecule has 3 nitrogen and oxygen atoms in total. The lowest BCUT2D eigenvalue weighted by atomic mass is 10.2. The summed E-state index contributed by atoms with van der Waals surface area (Å²) in [5.74, 6) is 0. The summed E-state index contributed by atoms with van der Waals surface area (Å²) in [6.07, 6.45) is 0.851. The molecular formula is C8H12O3S2. The van der Waals surface area contributed by atoms with Crippen LogP contribution in [0.15, 0.2) is 17.5 Å². The van der Waals surface area contributed by atoms with Crippen molar-refractivity contribution in [3.05, 3.63) is 22.4 Å². The van der Waals surface area contributed by atoms with Crippen molar-refractivity contribution in [2.75, 3.05) is 0 Å². The zero-order chi connectivity index (χ0) is 9.90. The van der Waals surface area contributed by atoms with Gasteiger partial charge in [0.1, 0.15) is 0 Å². The van der Waals surface area contributed by atoms with Crippen molar-refractivity contribution in [3.63, 3.8) is 0 Å². The lowest BCUT2D eigenvalue weighted by Gasteiger charge is -2.09. The Morgan fingerprint density at radius 1 is 1.62 bits per heavy atom. The Labute approximate surface area is 82.2 Å². The third-order valence-corrected chi connectivity index (χ3v) is 4.13. The molecule has 1 unspecified atom stereocenters. The smallest absolute Gasteiger partial charge is 0.268 e. The van der Waals surface area contributed by atoms with Crippen LogP contribution in [0, 0.1) is 0 Å². The van der Waals surface area contributed by atoms with Gasteiger partial charge in [-0.25, -0.2) is 0 Å². The number of rotatable bonds is 4. The third-order valence-electron chi connectivity index (χ3n) is 1.89. The fourth-order valence-corrected chi connectivity index (χ4v) is 2.82. The minimum Gasteiger partial charge on any atom is -0.285 e. The Morgan fingerprint density at radius 2 is 2.31 bits per heavy atom. The van der Waals surface area contributed by atoms with E-state index in [0.717, 1.165) is 4.88 Å². The van der Waals surface area contributed by atoms with Crippen LogP contribution in [0.3, 0.4) is 0 Å².